The summed E-state index contributed by atoms with van der Waals surface area (Å²) in [6, 6.07) is 0. The molecule has 7 nitrogen and oxygen atoms in total. The van der Waals surface area contributed by atoms with Crippen LogP contribution in [-0.4, -0.2) is 43.9 Å². The number of nitrogens with one attached hydrogen (secondary N) is 1. The molecular formula is C15H21N5O2. The zero-order valence-corrected chi connectivity index (χ0v) is 13.3. The van der Waals surface area contributed by atoms with Crippen molar-refractivity contribution in [3.63, 3.8) is 0 Å². The number of hydrogen-bond donors (Lipinski definition) is 1. The number of amides is 1. The number of fused-ring (bicyclic) bond motifs is 1. The lowest BCUT2D eigenvalue weighted by Gasteiger charge is -2.25. The van der Waals surface area contributed by atoms with Crippen LogP contribution in [0, 0.1) is 0 Å². The monoisotopic (exact) mass is 303 g/mol. The van der Waals surface area contributed by atoms with Crippen LogP contribution in [0.2, 0.25) is 0 Å². The summed E-state index contributed by atoms with van der Waals surface area (Å²) in [7, 11) is 3.64. The van der Waals surface area contributed by atoms with E-state index in [-0.39, 0.29) is 18.1 Å². The van der Waals surface area contributed by atoms with Gasteiger partial charge >= 0.3 is 0 Å². The summed E-state index contributed by atoms with van der Waals surface area (Å²) in [4.78, 5) is 14.3. The van der Waals surface area contributed by atoms with Crippen molar-refractivity contribution in [1.82, 2.24) is 24.9 Å². The van der Waals surface area contributed by atoms with E-state index in [0.717, 1.165) is 16.8 Å². The van der Waals surface area contributed by atoms with Crippen LogP contribution in [-0.2, 0) is 24.8 Å². The molecule has 0 radical (unpaired) electrons. The van der Waals surface area contributed by atoms with Gasteiger partial charge in [0, 0.05) is 44.4 Å². The zero-order chi connectivity index (χ0) is 15.9. The van der Waals surface area contributed by atoms with Gasteiger partial charge in [0.15, 0.2) is 5.69 Å². The van der Waals surface area contributed by atoms with E-state index in [0.29, 0.717) is 18.7 Å². The summed E-state index contributed by atoms with van der Waals surface area (Å²) < 4.78 is 7.48. The lowest BCUT2D eigenvalue weighted by Crippen LogP contribution is -2.29. The topological polar surface area (TPSA) is 76.0 Å². The lowest BCUT2D eigenvalue weighted by atomic mass is 9.99. The molecule has 1 aliphatic heterocycles. The van der Waals surface area contributed by atoms with Gasteiger partial charge in [-0.1, -0.05) is 0 Å². The van der Waals surface area contributed by atoms with Gasteiger partial charge in [0.05, 0.1) is 24.1 Å². The molecule has 0 unspecified atom stereocenters. The van der Waals surface area contributed by atoms with Crippen LogP contribution in [0.4, 0.5) is 0 Å². The maximum atomic E-state index is 12.7. The van der Waals surface area contributed by atoms with Gasteiger partial charge in [-0.15, -0.1) is 0 Å². The van der Waals surface area contributed by atoms with Gasteiger partial charge in [0.25, 0.3) is 5.91 Å². The molecule has 1 aliphatic rings. The number of aromatic amines is 1. The summed E-state index contributed by atoms with van der Waals surface area (Å²) in [6.45, 7) is 4.50. The third-order valence-corrected chi connectivity index (χ3v) is 3.96. The highest BCUT2D eigenvalue weighted by Gasteiger charge is 2.30. The van der Waals surface area contributed by atoms with Crippen molar-refractivity contribution in [2.75, 3.05) is 7.05 Å². The lowest BCUT2D eigenvalue weighted by molar-refractivity contribution is -0.00701. The average Bonchev–Trinajstić information content (AvgIpc) is 3.04. The van der Waals surface area contributed by atoms with Crippen LogP contribution in [0.1, 0.15) is 47.3 Å². The first kappa shape index (κ1) is 14.8. The minimum Gasteiger partial charge on any atom is -0.369 e. The summed E-state index contributed by atoms with van der Waals surface area (Å²) in [5.74, 6) is -0.0809. The Morgan fingerprint density at radius 2 is 2.32 bits per heavy atom. The van der Waals surface area contributed by atoms with Crippen LogP contribution in [0.3, 0.4) is 0 Å². The van der Waals surface area contributed by atoms with Gasteiger partial charge in [-0.25, -0.2) is 0 Å². The van der Waals surface area contributed by atoms with Gasteiger partial charge in [0.1, 0.15) is 0 Å². The SMILES string of the molecule is C[C@@H]1Cc2c(C(=O)N(C)Cc3cnn(C)c3)n[nH]c2[C@H](C)O1. The first-order valence-electron chi connectivity index (χ1n) is 7.41. The van der Waals surface area contributed by atoms with Crippen LogP contribution < -0.4 is 0 Å². The molecule has 22 heavy (non-hydrogen) atoms. The Morgan fingerprint density at radius 3 is 3.00 bits per heavy atom. The maximum absolute atomic E-state index is 12.7. The minimum atomic E-state index is -0.0809. The largest absolute Gasteiger partial charge is 0.369 e. The molecule has 1 N–H and O–H groups in total. The molecule has 3 rings (SSSR count). The minimum absolute atomic E-state index is 0.0589. The molecule has 0 fully saturated rings. The number of H-pyrrole nitrogens is 1. The Bertz CT molecular complexity index is 690. The number of ether oxygens (including phenoxy) is 1. The second kappa shape index (κ2) is 5.57. The Kier molecular flexibility index (Phi) is 3.74. The fourth-order valence-corrected chi connectivity index (χ4v) is 2.93. The average molecular weight is 303 g/mol. The predicted octanol–water partition coefficient (Wildman–Crippen LogP) is 1.44. The molecule has 0 aromatic carbocycles. The van der Waals surface area contributed by atoms with E-state index in [4.69, 9.17) is 4.74 Å². The summed E-state index contributed by atoms with van der Waals surface area (Å²) in [5, 5.41) is 11.3. The molecule has 118 valence electrons. The first-order valence-corrected chi connectivity index (χ1v) is 7.41. The van der Waals surface area contributed by atoms with Crippen LogP contribution in [0.15, 0.2) is 12.4 Å². The number of aromatic nitrogens is 4. The van der Waals surface area contributed by atoms with Gasteiger partial charge in [-0.3, -0.25) is 14.6 Å². The molecule has 7 heteroatoms. The van der Waals surface area contributed by atoms with Crippen molar-refractivity contribution >= 4 is 5.91 Å². The normalized spacial score (nSPS) is 20.7. The highest BCUT2D eigenvalue weighted by atomic mass is 16.5. The van der Waals surface area contributed by atoms with Crippen LogP contribution in [0.5, 0.6) is 0 Å². The Labute approximate surface area is 129 Å². The molecule has 0 bridgehead atoms. The Morgan fingerprint density at radius 1 is 1.55 bits per heavy atom. The number of carbonyl (C=O) groups excluding carboxylic acids is 1. The smallest absolute Gasteiger partial charge is 0.274 e. The maximum Gasteiger partial charge on any atom is 0.274 e. The Balaban J connectivity index is 1.80. The van der Waals surface area contributed by atoms with Crippen molar-refractivity contribution < 1.29 is 9.53 Å². The number of hydrogen-bond acceptors (Lipinski definition) is 4. The van der Waals surface area contributed by atoms with E-state index >= 15 is 0 Å². The van der Waals surface area contributed by atoms with Gasteiger partial charge in [-0.05, 0) is 13.8 Å². The molecule has 0 aliphatic carbocycles. The van der Waals surface area contributed by atoms with Gasteiger partial charge in [-0.2, -0.15) is 10.2 Å². The van der Waals surface area contributed by atoms with Crippen molar-refractivity contribution in [3.05, 3.63) is 34.9 Å². The molecule has 3 heterocycles. The fraction of sp³-hybridized carbons (Fsp3) is 0.533. The van der Waals surface area contributed by atoms with E-state index < -0.39 is 0 Å². The van der Waals surface area contributed by atoms with E-state index in [1.165, 1.54) is 0 Å². The van der Waals surface area contributed by atoms with E-state index in [9.17, 15) is 4.79 Å². The van der Waals surface area contributed by atoms with Crippen molar-refractivity contribution in [3.8, 4) is 0 Å². The van der Waals surface area contributed by atoms with Gasteiger partial charge in [0.2, 0.25) is 0 Å². The summed E-state index contributed by atoms with van der Waals surface area (Å²) >= 11 is 0. The van der Waals surface area contributed by atoms with E-state index in [1.807, 2.05) is 27.1 Å². The quantitative estimate of drug-likeness (QED) is 0.931. The van der Waals surface area contributed by atoms with Crippen molar-refractivity contribution in [2.24, 2.45) is 7.05 Å². The van der Waals surface area contributed by atoms with Gasteiger partial charge < -0.3 is 9.64 Å². The third-order valence-electron chi connectivity index (χ3n) is 3.96. The second-order valence-corrected chi connectivity index (χ2v) is 5.94. The molecule has 2 aromatic heterocycles. The van der Waals surface area contributed by atoms with Crippen LogP contribution >= 0.6 is 0 Å². The molecule has 0 saturated carbocycles. The number of carbonyl (C=O) groups is 1. The highest BCUT2D eigenvalue weighted by Crippen LogP contribution is 2.30. The number of nitrogens with zero attached hydrogens (tertiary/aromatic N) is 4. The summed E-state index contributed by atoms with van der Waals surface area (Å²) in [5.41, 5.74) is 3.39. The predicted molar refractivity (Wildman–Crippen MR) is 80.3 cm³/mol. The molecule has 2 aromatic rings. The van der Waals surface area contributed by atoms with Crippen molar-refractivity contribution in [2.45, 2.75) is 39.0 Å². The molecular weight excluding hydrogens is 282 g/mol. The molecule has 2 atom stereocenters. The van der Waals surface area contributed by atoms with Crippen LogP contribution in [0.25, 0.3) is 0 Å². The zero-order valence-electron chi connectivity index (χ0n) is 13.3. The molecule has 0 saturated heterocycles. The fourth-order valence-electron chi connectivity index (χ4n) is 2.93. The highest BCUT2D eigenvalue weighted by molar-refractivity contribution is 5.93. The Hall–Kier alpha value is -2.15. The summed E-state index contributed by atoms with van der Waals surface area (Å²) in [6.07, 6.45) is 4.41. The van der Waals surface area contributed by atoms with E-state index in [2.05, 4.69) is 15.3 Å². The van der Waals surface area contributed by atoms with E-state index in [1.54, 1.807) is 22.8 Å². The van der Waals surface area contributed by atoms with Crippen molar-refractivity contribution in [1.29, 1.82) is 0 Å². The number of aryl methyl sites for hydroxylation is 1. The molecule has 1 amide bonds. The standard InChI is InChI=1S/C15H21N5O2/c1-9-5-12-13(10(2)22-9)17-18-14(12)15(21)19(3)7-11-6-16-20(4)8-11/h6,8-10H,5,7H2,1-4H3,(H,17,18)/t9-,10+/m1/s1. The molecule has 0 spiro atoms. The second-order valence-electron chi connectivity index (χ2n) is 5.94. The third kappa shape index (κ3) is 2.64. The first-order chi connectivity index (χ1) is 10.5. The number of rotatable bonds is 3.